The van der Waals surface area contributed by atoms with Crippen LogP contribution in [0.15, 0.2) is 27.6 Å². The zero-order chi connectivity index (χ0) is 15.8. The van der Waals surface area contributed by atoms with Gasteiger partial charge in [-0.25, -0.2) is 13.6 Å². The molecule has 1 saturated heterocycles. The van der Waals surface area contributed by atoms with Gasteiger partial charge in [0.2, 0.25) is 10.0 Å². The summed E-state index contributed by atoms with van der Waals surface area (Å²) in [5.41, 5.74) is 0. The molecule has 7 nitrogen and oxygen atoms in total. The minimum atomic E-state index is -3.79. The highest BCUT2D eigenvalue weighted by Crippen LogP contribution is 2.28. The third kappa shape index (κ3) is 3.76. The van der Waals surface area contributed by atoms with Crippen molar-refractivity contribution in [3.05, 3.63) is 27.7 Å². The van der Waals surface area contributed by atoms with E-state index in [-0.39, 0.29) is 36.1 Å². The van der Waals surface area contributed by atoms with Crippen LogP contribution in [0.4, 0.5) is 0 Å². The van der Waals surface area contributed by atoms with Crippen LogP contribution in [0.2, 0.25) is 5.02 Å². The maximum absolute atomic E-state index is 12.5. The van der Waals surface area contributed by atoms with Crippen molar-refractivity contribution in [1.29, 1.82) is 0 Å². The molecule has 0 spiro atoms. The van der Waals surface area contributed by atoms with Gasteiger partial charge < -0.3 is 0 Å². The van der Waals surface area contributed by atoms with E-state index in [1.807, 2.05) is 0 Å². The van der Waals surface area contributed by atoms with E-state index in [1.54, 1.807) is 6.07 Å². The monoisotopic (exact) mass is 417 g/mol. The first-order valence-electron chi connectivity index (χ1n) is 5.85. The van der Waals surface area contributed by atoms with Crippen molar-refractivity contribution in [1.82, 2.24) is 8.61 Å². The molecule has 0 saturated carbocycles. The van der Waals surface area contributed by atoms with Crippen LogP contribution in [0.1, 0.15) is 0 Å². The summed E-state index contributed by atoms with van der Waals surface area (Å²) in [7, 11) is -7.55. The molecular weight excluding hydrogens is 406 g/mol. The van der Waals surface area contributed by atoms with Crippen LogP contribution < -0.4 is 5.14 Å². The standard InChI is InChI=1S/C10H13BrClN3O4S2/c11-8-1-2-10(9(12)7-8)20(16,17)14-3-5-15(6-4-14)21(13,18)19/h1-2,7H,3-6H2,(H2,13,18,19). The van der Waals surface area contributed by atoms with Gasteiger partial charge in [0, 0.05) is 30.7 Å². The molecule has 1 aromatic rings. The summed E-state index contributed by atoms with van der Waals surface area (Å²) >= 11 is 9.18. The van der Waals surface area contributed by atoms with Crippen LogP contribution in [0, 0.1) is 0 Å². The summed E-state index contributed by atoms with van der Waals surface area (Å²) in [5, 5.41) is 5.13. The molecule has 0 aliphatic carbocycles. The number of rotatable bonds is 3. The van der Waals surface area contributed by atoms with E-state index in [2.05, 4.69) is 15.9 Å². The minimum absolute atomic E-state index is 0.00331. The molecule has 0 aromatic heterocycles. The van der Waals surface area contributed by atoms with Crippen molar-refractivity contribution in [2.75, 3.05) is 26.2 Å². The summed E-state index contributed by atoms with van der Waals surface area (Å²) < 4.78 is 50.3. The van der Waals surface area contributed by atoms with Gasteiger partial charge in [-0.1, -0.05) is 27.5 Å². The molecule has 21 heavy (non-hydrogen) atoms. The molecule has 1 heterocycles. The molecule has 1 aromatic carbocycles. The van der Waals surface area contributed by atoms with Crippen molar-refractivity contribution in [2.45, 2.75) is 4.90 Å². The van der Waals surface area contributed by atoms with E-state index in [0.717, 1.165) is 4.31 Å². The summed E-state index contributed by atoms with van der Waals surface area (Å²) in [6, 6.07) is 4.49. The van der Waals surface area contributed by atoms with Crippen molar-refractivity contribution < 1.29 is 16.8 Å². The number of benzene rings is 1. The molecule has 1 aliphatic rings. The number of sulfonamides is 1. The number of nitrogens with zero attached hydrogens (tertiary/aromatic N) is 2. The second kappa shape index (κ2) is 6.11. The fourth-order valence-electron chi connectivity index (χ4n) is 1.99. The van der Waals surface area contributed by atoms with E-state index in [0.29, 0.717) is 4.47 Å². The molecule has 0 amide bonds. The molecule has 2 N–H and O–H groups in total. The fraction of sp³-hybridized carbons (Fsp3) is 0.400. The summed E-state index contributed by atoms with van der Waals surface area (Å²) in [5.74, 6) is 0. The number of halogens is 2. The van der Waals surface area contributed by atoms with Gasteiger partial charge in [-0.2, -0.15) is 17.0 Å². The van der Waals surface area contributed by atoms with E-state index in [1.165, 1.54) is 16.4 Å². The summed E-state index contributed by atoms with van der Waals surface area (Å²) in [6.07, 6.45) is 0. The van der Waals surface area contributed by atoms with Gasteiger partial charge in [0.15, 0.2) is 0 Å². The maximum Gasteiger partial charge on any atom is 0.276 e. The molecule has 2 rings (SSSR count). The Kier molecular flexibility index (Phi) is 4.98. The number of hydrogen-bond acceptors (Lipinski definition) is 4. The average molecular weight is 419 g/mol. The number of piperazine rings is 1. The predicted molar refractivity (Wildman–Crippen MR) is 82.6 cm³/mol. The minimum Gasteiger partial charge on any atom is -0.216 e. The quantitative estimate of drug-likeness (QED) is 0.777. The van der Waals surface area contributed by atoms with Crippen molar-refractivity contribution in [3.8, 4) is 0 Å². The molecule has 11 heteroatoms. The van der Waals surface area contributed by atoms with Crippen molar-refractivity contribution >= 4 is 47.8 Å². The maximum atomic E-state index is 12.5. The smallest absolute Gasteiger partial charge is 0.216 e. The second-order valence-electron chi connectivity index (χ2n) is 4.42. The first-order valence-corrected chi connectivity index (χ1v) is 9.97. The first-order chi connectivity index (χ1) is 9.62. The van der Waals surface area contributed by atoms with Crippen molar-refractivity contribution in [3.63, 3.8) is 0 Å². The number of nitrogens with two attached hydrogens (primary N) is 1. The lowest BCUT2D eigenvalue weighted by atomic mass is 10.4. The molecule has 118 valence electrons. The zero-order valence-corrected chi connectivity index (χ0v) is 14.7. The largest absolute Gasteiger partial charge is 0.276 e. The lowest BCUT2D eigenvalue weighted by Crippen LogP contribution is -2.52. The van der Waals surface area contributed by atoms with Crippen LogP contribution in [-0.4, -0.2) is 51.6 Å². The summed E-state index contributed by atoms with van der Waals surface area (Å²) in [6.45, 7) is 0.106. The van der Waals surface area contributed by atoms with Gasteiger partial charge in [-0.15, -0.1) is 0 Å². The van der Waals surface area contributed by atoms with E-state index in [4.69, 9.17) is 16.7 Å². The molecule has 0 atom stereocenters. The van der Waals surface area contributed by atoms with E-state index < -0.39 is 20.2 Å². The second-order valence-corrected chi connectivity index (χ2v) is 9.20. The SMILES string of the molecule is NS(=O)(=O)N1CCN(S(=O)(=O)c2ccc(Br)cc2Cl)CC1. The fourth-order valence-corrected chi connectivity index (χ4v) is 5.09. The third-order valence-corrected chi connectivity index (χ3v) is 7.03. The Hall–Kier alpha value is -0.230. The van der Waals surface area contributed by atoms with Crippen LogP contribution in [0.3, 0.4) is 0 Å². The van der Waals surface area contributed by atoms with Gasteiger partial charge in [0.25, 0.3) is 10.2 Å². The van der Waals surface area contributed by atoms with Gasteiger partial charge in [0.1, 0.15) is 4.90 Å². The molecule has 0 radical (unpaired) electrons. The highest BCUT2D eigenvalue weighted by Gasteiger charge is 2.32. The highest BCUT2D eigenvalue weighted by molar-refractivity contribution is 9.10. The summed E-state index contributed by atoms with van der Waals surface area (Å²) in [4.78, 5) is -0.00331. The Morgan fingerprint density at radius 2 is 1.57 bits per heavy atom. The average Bonchev–Trinajstić information content (AvgIpc) is 2.37. The molecule has 1 fully saturated rings. The molecular formula is C10H13BrClN3O4S2. The van der Waals surface area contributed by atoms with Crippen LogP contribution in [0.5, 0.6) is 0 Å². The Morgan fingerprint density at radius 1 is 1.05 bits per heavy atom. The van der Waals surface area contributed by atoms with E-state index in [9.17, 15) is 16.8 Å². The number of hydrogen-bond donors (Lipinski definition) is 1. The Bertz CT molecular complexity index is 746. The van der Waals surface area contributed by atoms with Crippen LogP contribution in [0.25, 0.3) is 0 Å². The predicted octanol–water partition coefficient (Wildman–Crippen LogP) is 0.612. The van der Waals surface area contributed by atoms with Crippen LogP contribution >= 0.6 is 27.5 Å². The Morgan fingerprint density at radius 3 is 2.05 bits per heavy atom. The Labute approximate surface area is 137 Å². The molecule has 1 aliphatic heterocycles. The first kappa shape index (κ1) is 17.1. The zero-order valence-electron chi connectivity index (χ0n) is 10.7. The van der Waals surface area contributed by atoms with Gasteiger partial charge in [-0.05, 0) is 18.2 Å². The van der Waals surface area contributed by atoms with Crippen molar-refractivity contribution in [2.24, 2.45) is 5.14 Å². The third-order valence-electron chi connectivity index (χ3n) is 3.07. The van der Waals surface area contributed by atoms with Gasteiger partial charge >= 0.3 is 0 Å². The highest BCUT2D eigenvalue weighted by atomic mass is 79.9. The molecule has 0 bridgehead atoms. The van der Waals surface area contributed by atoms with Gasteiger partial charge in [-0.3, -0.25) is 0 Å². The van der Waals surface area contributed by atoms with Crippen LogP contribution in [-0.2, 0) is 20.2 Å². The normalized spacial score (nSPS) is 18.8. The van der Waals surface area contributed by atoms with E-state index >= 15 is 0 Å². The topological polar surface area (TPSA) is 101 Å². The Balaban J connectivity index is 2.23. The lowest BCUT2D eigenvalue weighted by molar-refractivity contribution is 0.273. The lowest BCUT2D eigenvalue weighted by Gasteiger charge is -2.32. The molecule has 0 unspecified atom stereocenters. The van der Waals surface area contributed by atoms with Gasteiger partial charge in [0.05, 0.1) is 5.02 Å².